The lowest BCUT2D eigenvalue weighted by Crippen LogP contribution is -2.27. The van der Waals surface area contributed by atoms with Gasteiger partial charge in [-0.1, -0.05) is 26.7 Å². The van der Waals surface area contributed by atoms with E-state index in [-0.39, 0.29) is 0 Å². The topological polar surface area (TPSA) is 20.3 Å². The Hall–Kier alpha value is -1.00. The van der Waals surface area contributed by atoms with Crippen LogP contribution in [0.3, 0.4) is 0 Å². The van der Waals surface area contributed by atoms with Gasteiger partial charge in [0.05, 0.1) is 0 Å². The van der Waals surface area contributed by atoms with Gasteiger partial charge in [-0.15, -0.1) is 0 Å². The van der Waals surface area contributed by atoms with Gasteiger partial charge in [0.15, 0.2) is 0 Å². The summed E-state index contributed by atoms with van der Waals surface area (Å²) in [5.74, 6) is -1.78. The van der Waals surface area contributed by atoms with Crippen LogP contribution in [-0.4, -0.2) is 29.9 Å². The standard InChI is InChI=1S/C13H22F3NO/c1-4-6-8-17(9-7-5-2)11(3)10-12(18)13(14,15)16/h10H,4-9H2,1-3H3/b11-10+. The molecular formula is C13H22F3NO. The lowest BCUT2D eigenvalue weighted by Gasteiger charge is -2.25. The minimum absolute atomic E-state index is 0.402. The Kier molecular flexibility index (Phi) is 7.71. The molecule has 0 aromatic rings. The molecule has 0 aromatic heterocycles. The molecule has 5 heteroatoms. The highest BCUT2D eigenvalue weighted by atomic mass is 19.4. The van der Waals surface area contributed by atoms with Gasteiger partial charge >= 0.3 is 6.18 Å². The van der Waals surface area contributed by atoms with Gasteiger partial charge in [-0.05, 0) is 19.8 Å². The predicted molar refractivity (Wildman–Crippen MR) is 66.2 cm³/mol. The molecule has 0 aliphatic rings. The molecule has 0 amide bonds. The van der Waals surface area contributed by atoms with Crippen molar-refractivity contribution in [1.82, 2.24) is 4.90 Å². The molecule has 0 heterocycles. The zero-order valence-corrected chi connectivity index (χ0v) is 11.3. The minimum atomic E-state index is -4.78. The monoisotopic (exact) mass is 265 g/mol. The Morgan fingerprint density at radius 3 is 1.89 bits per heavy atom. The lowest BCUT2D eigenvalue weighted by molar-refractivity contribution is -0.165. The second-order valence-electron chi connectivity index (χ2n) is 4.34. The molecule has 0 N–H and O–H groups in total. The molecule has 106 valence electrons. The van der Waals surface area contributed by atoms with Crippen LogP contribution in [-0.2, 0) is 4.79 Å². The van der Waals surface area contributed by atoms with Crippen molar-refractivity contribution in [2.75, 3.05) is 13.1 Å². The average molecular weight is 265 g/mol. The molecule has 0 radical (unpaired) electrons. The third kappa shape index (κ3) is 6.67. The van der Waals surface area contributed by atoms with Crippen LogP contribution in [0, 0.1) is 0 Å². The van der Waals surface area contributed by atoms with Crippen molar-refractivity contribution in [3.63, 3.8) is 0 Å². The van der Waals surface area contributed by atoms with Crippen molar-refractivity contribution in [2.24, 2.45) is 0 Å². The van der Waals surface area contributed by atoms with Crippen molar-refractivity contribution in [3.05, 3.63) is 11.8 Å². The summed E-state index contributed by atoms with van der Waals surface area (Å²) >= 11 is 0. The summed E-state index contributed by atoms with van der Waals surface area (Å²) in [6, 6.07) is 0. The summed E-state index contributed by atoms with van der Waals surface area (Å²) in [5, 5.41) is 0. The summed E-state index contributed by atoms with van der Waals surface area (Å²) in [6.45, 7) is 7.01. The maximum Gasteiger partial charge on any atom is 0.454 e. The average Bonchev–Trinajstić information content (AvgIpc) is 2.27. The van der Waals surface area contributed by atoms with Crippen LogP contribution >= 0.6 is 0 Å². The molecule has 0 unspecified atom stereocenters. The molecule has 18 heavy (non-hydrogen) atoms. The van der Waals surface area contributed by atoms with Gasteiger partial charge < -0.3 is 4.90 Å². The van der Waals surface area contributed by atoms with E-state index in [4.69, 9.17) is 0 Å². The first-order valence-electron chi connectivity index (χ1n) is 6.37. The summed E-state index contributed by atoms with van der Waals surface area (Å²) in [4.78, 5) is 12.8. The third-order valence-corrected chi connectivity index (χ3v) is 2.68. The zero-order valence-electron chi connectivity index (χ0n) is 11.3. The molecule has 0 aliphatic heterocycles. The van der Waals surface area contributed by atoms with E-state index < -0.39 is 12.0 Å². The molecule has 0 bridgehead atoms. The highest BCUT2D eigenvalue weighted by molar-refractivity contribution is 5.94. The molecule has 0 fully saturated rings. The summed E-state index contributed by atoms with van der Waals surface area (Å²) in [5.41, 5.74) is 0.402. The molecular weight excluding hydrogens is 243 g/mol. The van der Waals surface area contributed by atoms with Crippen LogP contribution in [0.25, 0.3) is 0 Å². The molecule has 2 nitrogen and oxygen atoms in total. The number of unbranched alkanes of at least 4 members (excludes halogenated alkanes) is 2. The maximum absolute atomic E-state index is 12.2. The lowest BCUT2D eigenvalue weighted by atomic mass is 10.2. The Morgan fingerprint density at radius 1 is 1.11 bits per heavy atom. The number of allylic oxidation sites excluding steroid dienone is 2. The highest BCUT2D eigenvalue weighted by Gasteiger charge is 2.36. The fraction of sp³-hybridized carbons (Fsp3) is 0.769. The van der Waals surface area contributed by atoms with E-state index in [2.05, 4.69) is 0 Å². The highest BCUT2D eigenvalue weighted by Crippen LogP contribution is 2.18. The number of carbonyl (C=O) groups excluding carboxylic acids is 1. The molecule has 0 rings (SSSR count). The van der Waals surface area contributed by atoms with E-state index >= 15 is 0 Å². The number of ketones is 1. The number of rotatable bonds is 8. The number of halogens is 3. The fourth-order valence-corrected chi connectivity index (χ4v) is 1.53. The Balaban J connectivity index is 4.66. The SMILES string of the molecule is CCCCN(CCCC)/C(C)=C/C(=O)C(F)(F)F. The largest absolute Gasteiger partial charge is 0.454 e. The normalized spacial score (nSPS) is 12.7. The van der Waals surface area contributed by atoms with E-state index in [1.54, 1.807) is 6.92 Å². The van der Waals surface area contributed by atoms with E-state index in [9.17, 15) is 18.0 Å². The zero-order chi connectivity index (χ0) is 14.2. The van der Waals surface area contributed by atoms with Gasteiger partial charge in [0.1, 0.15) is 0 Å². The van der Waals surface area contributed by atoms with Gasteiger partial charge in [0, 0.05) is 24.9 Å². The number of hydrogen-bond donors (Lipinski definition) is 0. The third-order valence-electron chi connectivity index (χ3n) is 2.68. The Bertz CT molecular complexity index is 276. The summed E-state index contributed by atoms with van der Waals surface area (Å²) < 4.78 is 36.5. The van der Waals surface area contributed by atoms with Crippen LogP contribution < -0.4 is 0 Å². The van der Waals surface area contributed by atoms with Crippen LogP contribution in [0.5, 0.6) is 0 Å². The summed E-state index contributed by atoms with van der Waals surface area (Å²) in [6.07, 6.45) is -0.301. The van der Waals surface area contributed by atoms with Crippen molar-refractivity contribution >= 4 is 5.78 Å². The fourth-order valence-electron chi connectivity index (χ4n) is 1.53. The molecule has 0 spiro atoms. The summed E-state index contributed by atoms with van der Waals surface area (Å²) in [7, 11) is 0. The van der Waals surface area contributed by atoms with Crippen LogP contribution in [0.4, 0.5) is 13.2 Å². The first kappa shape index (κ1) is 17.0. The first-order valence-corrected chi connectivity index (χ1v) is 6.37. The Morgan fingerprint density at radius 2 is 1.56 bits per heavy atom. The van der Waals surface area contributed by atoms with E-state index in [0.29, 0.717) is 24.9 Å². The number of alkyl halides is 3. The van der Waals surface area contributed by atoms with Crippen molar-refractivity contribution in [3.8, 4) is 0 Å². The quantitative estimate of drug-likeness (QED) is 0.620. The van der Waals surface area contributed by atoms with E-state index in [1.807, 2.05) is 18.7 Å². The molecule has 0 saturated carbocycles. The van der Waals surface area contributed by atoms with Crippen LogP contribution in [0.1, 0.15) is 46.5 Å². The molecule has 0 aliphatic carbocycles. The van der Waals surface area contributed by atoms with Gasteiger partial charge in [0.25, 0.3) is 5.78 Å². The second-order valence-corrected chi connectivity index (χ2v) is 4.34. The van der Waals surface area contributed by atoms with Crippen LogP contribution in [0.15, 0.2) is 11.8 Å². The van der Waals surface area contributed by atoms with Crippen LogP contribution in [0.2, 0.25) is 0 Å². The first-order chi connectivity index (χ1) is 8.32. The molecule has 0 aromatic carbocycles. The van der Waals surface area contributed by atoms with Crippen molar-refractivity contribution in [2.45, 2.75) is 52.6 Å². The van der Waals surface area contributed by atoms with E-state index in [1.165, 1.54) is 0 Å². The molecule has 0 saturated heterocycles. The van der Waals surface area contributed by atoms with Gasteiger partial charge in [-0.3, -0.25) is 4.79 Å². The number of carbonyl (C=O) groups is 1. The molecule has 0 atom stereocenters. The van der Waals surface area contributed by atoms with Gasteiger partial charge in [-0.2, -0.15) is 13.2 Å². The van der Waals surface area contributed by atoms with Crippen molar-refractivity contribution in [1.29, 1.82) is 0 Å². The number of hydrogen-bond acceptors (Lipinski definition) is 2. The van der Waals surface area contributed by atoms with Gasteiger partial charge in [-0.25, -0.2) is 0 Å². The maximum atomic E-state index is 12.2. The minimum Gasteiger partial charge on any atom is -0.375 e. The van der Waals surface area contributed by atoms with Gasteiger partial charge in [0.2, 0.25) is 0 Å². The van der Waals surface area contributed by atoms with Crippen molar-refractivity contribution < 1.29 is 18.0 Å². The van der Waals surface area contributed by atoms with E-state index in [0.717, 1.165) is 25.7 Å². The second kappa shape index (κ2) is 8.16. The smallest absolute Gasteiger partial charge is 0.375 e. The Labute approximate surface area is 107 Å². The number of nitrogens with zero attached hydrogens (tertiary/aromatic N) is 1. The predicted octanol–water partition coefficient (Wildman–Crippen LogP) is 3.92.